The van der Waals surface area contributed by atoms with Crippen LogP contribution in [0.1, 0.15) is 17.5 Å². The molecule has 1 aliphatic carbocycles. The second-order valence-electron chi connectivity index (χ2n) is 5.72. The van der Waals surface area contributed by atoms with Gasteiger partial charge in [-0.3, -0.25) is 4.72 Å². The zero-order valence-electron chi connectivity index (χ0n) is 13.2. The molecule has 0 saturated carbocycles. The molecular formula is C17H15N3O2S3. The van der Waals surface area contributed by atoms with E-state index in [1.54, 1.807) is 29.8 Å². The van der Waals surface area contributed by atoms with Crippen LogP contribution in [0.5, 0.6) is 0 Å². The first-order valence-corrected chi connectivity index (χ1v) is 11.0. The van der Waals surface area contributed by atoms with E-state index >= 15 is 0 Å². The summed E-state index contributed by atoms with van der Waals surface area (Å²) >= 11 is 2.97. The van der Waals surface area contributed by atoms with Gasteiger partial charge in [-0.15, -0.1) is 10.2 Å². The molecule has 0 fully saturated rings. The Hall–Kier alpha value is -1.90. The van der Waals surface area contributed by atoms with Crippen LogP contribution in [0, 0.1) is 0 Å². The van der Waals surface area contributed by atoms with Gasteiger partial charge in [0.2, 0.25) is 0 Å². The molecule has 3 aromatic rings. The van der Waals surface area contributed by atoms with Crippen LogP contribution < -0.4 is 4.72 Å². The number of aromatic nitrogens is 2. The first-order chi connectivity index (χ1) is 12.1. The lowest BCUT2D eigenvalue weighted by Gasteiger charge is -2.10. The molecule has 0 bridgehead atoms. The summed E-state index contributed by atoms with van der Waals surface area (Å²) in [5, 5.41) is 7.78. The average Bonchev–Trinajstić information content (AvgIpc) is 3.27. The first kappa shape index (κ1) is 16.6. The number of hydrogen-bond donors (Lipinski definition) is 1. The number of fused-ring (bicyclic) bond motifs is 1. The minimum atomic E-state index is -3.57. The van der Waals surface area contributed by atoms with E-state index in [2.05, 4.69) is 14.9 Å². The number of hydrogen-bond acceptors (Lipinski definition) is 6. The van der Waals surface area contributed by atoms with Crippen LogP contribution in [0.3, 0.4) is 0 Å². The van der Waals surface area contributed by atoms with Gasteiger partial charge in [-0.25, -0.2) is 8.42 Å². The summed E-state index contributed by atoms with van der Waals surface area (Å²) in [6.07, 6.45) is 3.09. The van der Waals surface area contributed by atoms with Crippen molar-refractivity contribution in [2.24, 2.45) is 0 Å². The van der Waals surface area contributed by atoms with Gasteiger partial charge in [0, 0.05) is 10.6 Å². The lowest BCUT2D eigenvalue weighted by molar-refractivity contribution is 0.601. The molecule has 128 valence electrons. The number of rotatable bonds is 5. The maximum absolute atomic E-state index is 12.6. The SMILES string of the molecule is O=S(=O)(Nc1ccc(Sc2nncs2)cc1)c1ccc2c(c1)CCC2. The van der Waals surface area contributed by atoms with Crippen LogP contribution in [0.4, 0.5) is 5.69 Å². The number of sulfonamides is 1. The van der Waals surface area contributed by atoms with E-state index in [4.69, 9.17) is 0 Å². The third kappa shape index (κ3) is 3.70. The number of benzene rings is 2. The van der Waals surface area contributed by atoms with Crippen molar-refractivity contribution in [3.63, 3.8) is 0 Å². The van der Waals surface area contributed by atoms with Gasteiger partial charge in [0.1, 0.15) is 5.51 Å². The highest BCUT2D eigenvalue weighted by atomic mass is 32.2. The monoisotopic (exact) mass is 389 g/mol. The fourth-order valence-electron chi connectivity index (χ4n) is 2.83. The van der Waals surface area contributed by atoms with Gasteiger partial charge >= 0.3 is 0 Å². The van der Waals surface area contributed by atoms with Gasteiger partial charge in [-0.1, -0.05) is 29.2 Å². The van der Waals surface area contributed by atoms with E-state index in [9.17, 15) is 8.42 Å². The van der Waals surface area contributed by atoms with E-state index in [1.807, 2.05) is 18.2 Å². The van der Waals surface area contributed by atoms with Crippen LogP contribution in [-0.4, -0.2) is 18.6 Å². The molecule has 0 spiro atoms. The molecule has 1 N–H and O–H groups in total. The molecule has 0 amide bonds. The fourth-order valence-corrected chi connectivity index (χ4v) is 5.39. The van der Waals surface area contributed by atoms with Gasteiger partial charge in [0.05, 0.1) is 4.90 Å². The van der Waals surface area contributed by atoms with Crippen LogP contribution >= 0.6 is 23.1 Å². The van der Waals surface area contributed by atoms with Crippen LogP contribution in [0.2, 0.25) is 0 Å². The Morgan fingerprint density at radius 1 is 1.04 bits per heavy atom. The third-order valence-electron chi connectivity index (χ3n) is 4.03. The zero-order valence-corrected chi connectivity index (χ0v) is 15.6. The Morgan fingerprint density at radius 3 is 2.60 bits per heavy atom. The summed E-state index contributed by atoms with van der Waals surface area (Å²) in [5.41, 5.74) is 4.63. The molecule has 25 heavy (non-hydrogen) atoms. The van der Waals surface area contributed by atoms with Crippen molar-refractivity contribution in [2.45, 2.75) is 33.4 Å². The second-order valence-corrected chi connectivity index (χ2v) is 9.56. The molecular weight excluding hydrogens is 374 g/mol. The van der Waals surface area contributed by atoms with Crippen molar-refractivity contribution >= 4 is 38.8 Å². The highest BCUT2D eigenvalue weighted by Gasteiger charge is 2.18. The van der Waals surface area contributed by atoms with Gasteiger partial charge in [0.15, 0.2) is 4.34 Å². The molecule has 1 heterocycles. The summed E-state index contributed by atoms with van der Waals surface area (Å²) in [6.45, 7) is 0. The summed E-state index contributed by atoms with van der Waals surface area (Å²) in [4.78, 5) is 1.30. The number of nitrogens with one attached hydrogen (secondary N) is 1. The van der Waals surface area contributed by atoms with Crippen molar-refractivity contribution in [2.75, 3.05) is 4.72 Å². The van der Waals surface area contributed by atoms with Gasteiger partial charge in [0.25, 0.3) is 10.0 Å². The Morgan fingerprint density at radius 2 is 1.84 bits per heavy atom. The number of anilines is 1. The molecule has 1 aliphatic rings. The van der Waals surface area contributed by atoms with Crippen LogP contribution in [-0.2, 0) is 22.9 Å². The van der Waals surface area contributed by atoms with E-state index < -0.39 is 10.0 Å². The zero-order chi connectivity index (χ0) is 17.3. The number of nitrogens with zero attached hydrogens (tertiary/aromatic N) is 2. The van der Waals surface area contributed by atoms with Crippen molar-refractivity contribution in [3.05, 3.63) is 59.1 Å². The molecule has 0 saturated heterocycles. The van der Waals surface area contributed by atoms with E-state index in [1.165, 1.54) is 28.7 Å². The summed E-state index contributed by atoms with van der Waals surface area (Å²) in [5.74, 6) is 0. The second kappa shape index (κ2) is 6.78. The minimum Gasteiger partial charge on any atom is -0.280 e. The van der Waals surface area contributed by atoms with E-state index in [0.29, 0.717) is 10.6 Å². The smallest absolute Gasteiger partial charge is 0.261 e. The first-order valence-electron chi connectivity index (χ1n) is 7.79. The predicted octanol–water partition coefficient (Wildman–Crippen LogP) is 3.98. The normalized spacial score (nSPS) is 13.6. The summed E-state index contributed by atoms with van der Waals surface area (Å²) in [6, 6.07) is 12.7. The highest BCUT2D eigenvalue weighted by Crippen LogP contribution is 2.30. The minimum absolute atomic E-state index is 0.320. The Labute approximate surface area is 154 Å². The largest absolute Gasteiger partial charge is 0.280 e. The summed E-state index contributed by atoms with van der Waals surface area (Å²) < 4.78 is 28.7. The maximum atomic E-state index is 12.6. The molecule has 0 aliphatic heterocycles. The third-order valence-corrected chi connectivity index (χ3v) is 7.20. The van der Waals surface area contributed by atoms with Crippen molar-refractivity contribution in [1.82, 2.24) is 10.2 Å². The molecule has 2 aromatic carbocycles. The standard InChI is InChI=1S/C17H15N3O2S3/c21-25(22,16-9-4-12-2-1-3-13(12)10-16)20-14-5-7-15(8-6-14)24-17-19-18-11-23-17/h4-11,20H,1-3H2. The maximum Gasteiger partial charge on any atom is 0.261 e. The molecule has 0 unspecified atom stereocenters. The Kier molecular flexibility index (Phi) is 4.49. The quantitative estimate of drug-likeness (QED) is 0.715. The number of aryl methyl sites for hydroxylation is 2. The van der Waals surface area contributed by atoms with Gasteiger partial charge in [-0.05, 0) is 66.8 Å². The van der Waals surface area contributed by atoms with Gasteiger partial charge < -0.3 is 0 Å². The Balaban J connectivity index is 1.50. The fraction of sp³-hybridized carbons (Fsp3) is 0.176. The van der Waals surface area contributed by atoms with E-state index in [0.717, 1.165) is 34.1 Å². The van der Waals surface area contributed by atoms with Crippen LogP contribution in [0.25, 0.3) is 0 Å². The lowest BCUT2D eigenvalue weighted by atomic mass is 10.1. The topological polar surface area (TPSA) is 72.0 Å². The van der Waals surface area contributed by atoms with Crippen molar-refractivity contribution < 1.29 is 8.42 Å². The molecule has 0 radical (unpaired) electrons. The van der Waals surface area contributed by atoms with Crippen LogP contribution in [0.15, 0.2) is 62.1 Å². The highest BCUT2D eigenvalue weighted by molar-refractivity contribution is 8.01. The predicted molar refractivity (Wildman–Crippen MR) is 99.7 cm³/mol. The van der Waals surface area contributed by atoms with E-state index in [-0.39, 0.29) is 0 Å². The molecule has 4 rings (SSSR count). The molecule has 0 atom stereocenters. The van der Waals surface area contributed by atoms with Crippen molar-refractivity contribution in [3.8, 4) is 0 Å². The average molecular weight is 390 g/mol. The molecule has 8 heteroatoms. The molecule has 5 nitrogen and oxygen atoms in total. The molecule has 1 aromatic heterocycles. The summed E-state index contributed by atoms with van der Waals surface area (Å²) in [7, 11) is -3.57. The lowest BCUT2D eigenvalue weighted by Crippen LogP contribution is -2.13. The van der Waals surface area contributed by atoms with Gasteiger partial charge in [-0.2, -0.15) is 0 Å². The Bertz CT molecular complexity index is 984. The van der Waals surface area contributed by atoms with Crippen molar-refractivity contribution in [1.29, 1.82) is 0 Å².